The molecule has 104 valence electrons. The second-order valence-electron chi connectivity index (χ2n) is 5.67. The van der Waals surface area contributed by atoms with Crippen LogP contribution < -0.4 is 5.73 Å². The summed E-state index contributed by atoms with van der Waals surface area (Å²) in [7, 11) is 0. The zero-order chi connectivity index (χ0) is 13.0. The lowest BCUT2D eigenvalue weighted by Gasteiger charge is -2.36. The molecule has 2 aliphatic rings. The molecule has 1 aliphatic carbocycles. The van der Waals surface area contributed by atoms with Gasteiger partial charge in [-0.1, -0.05) is 26.2 Å². The molecule has 0 radical (unpaired) electrons. The van der Waals surface area contributed by atoms with E-state index >= 15 is 0 Å². The van der Waals surface area contributed by atoms with Crippen LogP contribution in [0.4, 0.5) is 0 Å². The van der Waals surface area contributed by atoms with Crippen LogP contribution in [0.1, 0.15) is 45.4 Å². The van der Waals surface area contributed by atoms with E-state index in [1.165, 1.54) is 19.3 Å². The normalized spacial score (nSPS) is 29.4. The van der Waals surface area contributed by atoms with E-state index in [1.807, 2.05) is 4.90 Å². The molecule has 1 aliphatic heterocycles. The zero-order valence-electron chi connectivity index (χ0n) is 11.4. The third kappa shape index (κ3) is 3.04. The van der Waals surface area contributed by atoms with Crippen LogP contribution >= 0.6 is 0 Å². The predicted molar refractivity (Wildman–Crippen MR) is 71.2 cm³/mol. The van der Waals surface area contributed by atoms with Crippen LogP contribution in [0.5, 0.6) is 0 Å². The molecule has 2 N–H and O–H groups in total. The Kier molecular flexibility index (Phi) is 5.01. The predicted octanol–water partition coefficient (Wildman–Crippen LogP) is 1.53. The third-order valence-corrected chi connectivity index (χ3v) is 4.30. The average molecular weight is 254 g/mol. The lowest BCUT2D eigenvalue weighted by Crippen LogP contribution is -2.49. The molecule has 4 heteroatoms. The quantitative estimate of drug-likeness (QED) is 0.828. The van der Waals surface area contributed by atoms with Gasteiger partial charge >= 0.3 is 0 Å². The average Bonchev–Trinajstić information content (AvgIpc) is 2.82. The fourth-order valence-corrected chi connectivity index (χ4v) is 3.18. The summed E-state index contributed by atoms with van der Waals surface area (Å²) in [5, 5.41) is 0. The summed E-state index contributed by atoms with van der Waals surface area (Å²) < 4.78 is 5.61. The van der Waals surface area contributed by atoms with Crippen LogP contribution in [-0.4, -0.2) is 42.6 Å². The largest absolute Gasteiger partial charge is 0.368 e. The van der Waals surface area contributed by atoms with Crippen LogP contribution in [0.15, 0.2) is 0 Å². The number of ether oxygens (including phenoxy) is 1. The van der Waals surface area contributed by atoms with Crippen molar-refractivity contribution in [2.75, 3.05) is 19.7 Å². The lowest BCUT2D eigenvalue weighted by molar-refractivity contribution is -0.145. The summed E-state index contributed by atoms with van der Waals surface area (Å²) in [5.74, 6) is 0.527. The SMILES string of the molecule is CC1CCOC1C(=O)N(CCN)C1CCCCC1. The molecule has 2 rings (SSSR count). The molecule has 0 aromatic carbocycles. The Bertz CT molecular complexity index is 277. The zero-order valence-corrected chi connectivity index (χ0v) is 11.4. The lowest BCUT2D eigenvalue weighted by atomic mass is 9.93. The highest BCUT2D eigenvalue weighted by Gasteiger charge is 2.36. The van der Waals surface area contributed by atoms with Gasteiger partial charge in [0.05, 0.1) is 0 Å². The van der Waals surface area contributed by atoms with Crippen molar-refractivity contribution >= 4 is 5.91 Å². The summed E-state index contributed by atoms with van der Waals surface area (Å²) in [5.41, 5.74) is 5.67. The van der Waals surface area contributed by atoms with E-state index in [0.717, 1.165) is 25.9 Å². The second-order valence-corrected chi connectivity index (χ2v) is 5.67. The highest BCUT2D eigenvalue weighted by Crippen LogP contribution is 2.27. The number of amides is 1. The Morgan fingerprint density at radius 3 is 2.56 bits per heavy atom. The smallest absolute Gasteiger partial charge is 0.252 e. The highest BCUT2D eigenvalue weighted by molar-refractivity contribution is 5.81. The molecule has 18 heavy (non-hydrogen) atoms. The van der Waals surface area contributed by atoms with Gasteiger partial charge in [-0.15, -0.1) is 0 Å². The van der Waals surface area contributed by atoms with Gasteiger partial charge in [-0.25, -0.2) is 0 Å². The first-order valence-electron chi connectivity index (χ1n) is 7.36. The molecule has 1 heterocycles. The molecular formula is C14H26N2O2. The maximum Gasteiger partial charge on any atom is 0.252 e. The summed E-state index contributed by atoms with van der Waals surface area (Å²) in [4.78, 5) is 14.6. The van der Waals surface area contributed by atoms with E-state index in [1.54, 1.807) is 0 Å². The Labute approximate surface area is 110 Å². The first-order chi connectivity index (χ1) is 8.74. The molecule has 2 unspecified atom stereocenters. The molecule has 2 atom stereocenters. The van der Waals surface area contributed by atoms with Crippen LogP contribution in [0.25, 0.3) is 0 Å². The van der Waals surface area contributed by atoms with E-state index in [4.69, 9.17) is 10.5 Å². The summed E-state index contributed by atoms with van der Waals surface area (Å²) in [6.45, 7) is 4.05. The van der Waals surface area contributed by atoms with Crippen molar-refractivity contribution in [2.24, 2.45) is 11.7 Å². The molecule has 2 fully saturated rings. The first kappa shape index (κ1) is 13.8. The highest BCUT2D eigenvalue weighted by atomic mass is 16.5. The van der Waals surface area contributed by atoms with Gasteiger partial charge in [0.1, 0.15) is 6.10 Å². The van der Waals surface area contributed by atoms with Crippen molar-refractivity contribution in [2.45, 2.75) is 57.6 Å². The summed E-state index contributed by atoms with van der Waals surface area (Å²) >= 11 is 0. The third-order valence-electron chi connectivity index (χ3n) is 4.30. The van der Waals surface area contributed by atoms with Gasteiger partial charge in [-0.3, -0.25) is 4.79 Å². The Morgan fingerprint density at radius 1 is 1.28 bits per heavy atom. The Balaban J connectivity index is 2.01. The van der Waals surface area contributed by atoms with E-state index < -0.39 is 0 Å². The Hall–Kier alpha value is -0.610. The minimum atomic E-state index is -0.224. The van der Waals surface area contributed by atoms with Gasteiger partial charge < -0.3 is 15.4 Å². The van der Waals surface area contributed by atoms with Crippen LogP contribution in [-0.2, 0) is 9.53 Å². The minimum absolute atomic E-state index is 0.178. The van der Waals surface area contributed by atoms with Crippen molar-refractivity contribution in [3.63, 3.8) is 0 Å². The molecule has 4 nitrogen and oxygen atoms in total. The van der Waals surface area contributed by atoms with Crippen molar-refractivity contribution in [1.82, 2.24) is 4.90 Å². The van der Waals surface area contributed by atoms with E-state index in [9.17, 15) is 4.79 Å². The Morgan fingerprint density at radius 2 is 2.00 bits per heavy atom. The minimum Gasteiger partial charge on any atom is -0.368 e. The monoisotopic (exact) mass is 254 g/mol. The van der Waals surface area contributed by atoms with E-state index in [2.05, 4.69) is 6.92 Å². The first-order valence-corrected chi connectivity index (χ1v) is 7.36. The molecule has 1 saturated carbocycles. The number of carbonyl (C=O) groups is 1. The fraction of sp³-hybridized carbons (Fsp3) is 0.929. The topological polar surface area (TPSA) is 55.6 Å². The number of hydrogen-bond acceptors (Lipinski definition) is 3. The van der Waals surface area contributed by atoms with E-state index in [0.29, 0.717) is 25.0 Å². The number of hydrogen-bond donors (Lipinski definition) is 1. The summed E-state index contributed by atoms with van der Waals surface area (Å²) in [6.07, 6.45) is 6.81. The van der Waals surface area contributed by atoms with Crippen LogP contribution in [0.2, 0.25) is 0 Å². The second kappa shape index (κ2) is 6.53. The number of nitrogens with two attached hydrogens (primary N) is 1. The molecular weight excluding hydrogens is 228 g/mol. The standard InChI is InChI=1S/C14H26N2O2/c1-11-7-10-18-13(11)14(17)16(9-8-15)12-5-3-2-4-6-12/h11-13H,2-10,15H2,1H3. The molecule has 0 aromatic heterocycles. The van der Waals surface area contributed by atoms with Gasteiger partial charge in [0.25, 0.3) is 5.91 Å². The molecule has 1 amide bonds. The van der Waals surface area contributed by atoms with Gasteiger partial charge in [-0.2, -0.15) is 0 Å². The molecule has 1 saturated heterocycles. The molecule has 0 spiro atoms. The van der Waals surface area contributed by atoms with Crippen molar-refractivity contribution in [3.05, 3.63) is 0 Å². The maximum atomic E-state index is 12.6. The van der Waals surface area contributed by atoms with Crippen molar-refractivity contribution in [3.8, 4) is 0 Å². The van der Waals surface area contributed by atoms with Gasteiger partial charge in [-0.05, 0) is 25.2 Å². The van der Waals surface area contributed by atoms with E-state index in [-0.39, 0.29) is 12.0 Å². The number of rotatable bonds is 4. The fourth-order valence-electron chi connectivity index (χ4n) is 3.18. The molecule has 0 aromatic rings. The van der Waals surface area contributed by atoms with Crippen molar-refractivity contribution in [1.29, 1.82) is 0 Å². The maximum absolute atomic E-state index is 12.6. The number of carbonyl (C=O) groups excluding carboxylic acids is 1. The van der Waals surface area contributed by atoms with Crippen molar-refractivity contribution < 1.29 is 9.53 Å². The van der Waals surface area contributed by atoms with Crippen LogP contribution in [0.3, 0.4) is 0 Å². The summed E-state index contributed by atoms with van der Waals surface area (Å²) in [6, 6.07) is 0.395. The van der Waals surface area contributed by atoms with Gasteiger partial charge in [0.2, 0.25) is 0 Å². The van der Waals surface area contributed by atoms with Crippen LogP contribution in [0, 0.1) is 5.92 Å². The van der Waals surface area contributed by atoms with Gasteiger partial charge in [0, 0.05) is 25.7 Å². The molecule has 0 bridgehead atoms. The van der Waals surface area contributed by atoms with Gasteiger partial charge in [0.15, 0.2) is 0 Å². The number of nitrogens with zero attached hydrogens (tertiary/aromatic N) is 1.